The second-order valence-electron chi connectivity index (χ2n) is 2.87. The molecule has 0 aliphatic heterocycles. The van der Waals surface area contributed by atoms with Crippen molar-refractivity contribution >= 4 is 23.4 Å². The minimum Gasteiger partial charge on any atom is -0.312 e. The van der Waals surface area contributed by atoms with Crippen LogP contribution in [0.15, 0.2) is 18.2 Å². The van der Waals surface area contributed by atoms with Crippen LogP contribution in [-0.4, -0.2) is 18.6 Å². The SMILES string of the molecule is CSCCNCc1c(F)cccc1Cl. The Balaban J connectivity index is 2.49. The van der Waals surface area contributed by atoms with Gasteiger partial charge in [-0.3, -0.25) is 0 Å². The summed E-state index contributed by atoms with van der Waals surface area (Å²) in [5.41, 5.74) is 0.551. The molecule has 0 radical (unpaired) electrons. The van der Waals surface area contributed by atoms with Crippen LogP contribution in [0.5, 0.6) is 0 Å². The van der Waals surface area contributed by atoms with Gasteiger partial charge in [0.25, 0.3) is 0 Å². The van der Waals surface area contributed by atoms with Gasteiger partial charge in [0.15, 0.2) is 0 Å². The summed E-state index contributed by atoms with van der Waals surface area (Å²) in [7, 11) is 0. The molecule has 0 bridgehead atoms. The molecule has 4 heteroatoms. The molecule has 1 aromatic rings. The highest BCUT2D eigenvalue weighted by Crippen LogP contribution is 2.18. The van der Waals surface area contributed by atoms with Crippen LogP contribution in [0.25, 0.3) is 0 Å². The van der Waals surface area contributed by atoms with Crippen molar-refractivity contribution < 1.29 is 4.39 Å². The van der Waals surface area contributed by atoms with E-state index in [2.05, 4.69) is 5.32 Å². The number of thioether (sulfide) groups is 1. The molecule has 14 heavy (non-hydrogen) atoms. The highest BCUT2D eigenvalue weighted by molar-refractivity contribution is 7.98. The van der Waals surface area contributed by atoms with Gasteiger partial charge in [0.1, 0.15) is 5.82 Å². The Kier molecular flexibility index (Phi) is 5.30. The lowest BCUT2D eigenvalue weighted by atomic mass is 10.2. The molecule has 1 rings (SSSR count). The van der Waals surface area contributed by atoms with Crippen LogP contribution in [0.4, 0.5) is 4.39 Å². The summed E-state index contributed by atoms with van der Waals surface area (Å²) >= 11 is 7.61. The Bertz CT molecular complexity index is 273. The summed E-state index contributed by atoms with van der Waals surface area (Å²) in [5.74, 6) is 0.778. The molecule has 0 saturated carbocycles. The van der Waals surface area contributed by atoms with E-state index in [1.54, 1.807) is 23.9 Å². The van der Waals surface area contributed by atoms with E-state index in [1.165, 1.54) is 6.07 Å². The molecule has 0 unspecified atom stereocenters. The number of hydrogen-bond donors (Lipinski definition) is 1. The van der Waals surface area contributed by atoms with Gasteiger partial charge in [-0.15, -0.1) is 0 Å². The van der Waals surface area contributed by atoms with Crippen LogP contribution in [0, 0.1) is 5.82 Å². The fourth-order valence-corrected chi connectivity index (χ4v) is 1.67. The van der Waals surface area contributed by atoms with Crippen molar-refractivity contribution in [3.8, 4) is 0 Å². The van der Waals surface area contributed by atoms with Crippen molar-refractivity contribution in [1.29, 1.82) is 0 Å². The van der Waals surface area contributed by atoms with E-state index in [1.807, 2.05) is 6.26 Å². The van der Waals surface area contributed by atoms with Crippen LogP contribution in [0.3, 0.4) is 0 Å². The molecule has 0 fully saturated rings. The van der Waals surface area contributed by atoms with Crippen molar-refractivity contribution in [3.63, 3.8) is 0 Å². The van der Waals surface area contributed by atoms with Crippen LogP contribution >= 0.6 is 23.4 Å². The third-order valence-electron chi connectivity index (χ3n) is 1.85. The molecule has 1 N–H and O–H groups in total. The van der Waals surface area contributed by atoms with Gasteiger partial charge in [-0.2, -0.15) is 11.8 Å². The average Bonchev–Trinajstić information content (AvgIpc) is 2.16. The molecular weight excluding hydrogens is 221 g/mol. The maximum atomic E-state index is 13.2. The second-order valence-corrected chi connectivity index (χ2v) is 4.26. The zero-order chi connectivity index (χ0) is 10.4. The molecule has 0 aliphatic carbocycles. The molecule has 0 heterocycles. The Morgan fingerprint density at radius 3 is 2.93 bits per heavy atom. The Hall–Kier alpha value is -0.250. The first-order valence-corrected chi connectivity index (χ1v) is 6.15. The average molecular weight is 234 g/mol. The van der Waals surface area contributed by atoms with E-state index in [-0.39, 0.29) is 5.82 Å². The van der Waals surface area contributed by atoms with E-state index >= 15 is 0 Å². The monoisotopic (exact) mass is 233 g/mol. The molecule has 0 saturated heterocycles. The van der Waals surface area contributed by atoms with Gasteiger partial charge >= 0.3 is 0 Å². The van der Waals surface area contributed by atoms with Crippen LogP contribution in [0.1, 0.15) is 5.56 Å². The number of nitrogens with one attached hydrogen (secondary N) is 1. The first kappa shape index (κ1) is 11.8. The normalized spacial score (nSPS) is 10.5. The third-order valence-corrected chi connectivity index (χ3v) is 2.81. The van der Waals surface area contributed by atoms with Gasteiger partial charge in [-0.1, -0.05) is 17.7 Å². The minimum absolute atomic E-state index is 0.242. The smallest absolute Gasteiger partial charge is 0.129 e. The largest absolute Gasteiger partial charge is 0.312 e. The predicted octanol–water partition coefficient (Wildman–Crippen LogP) is 2.93. The van der Waals surface area contributed by atoms with Crippen molar-refractivity contribution in [2.75, 3.05) is 18.6 Å². The highest BCUT2D eigenvalue weighted by atomic mass is 35.5. The van der Waals surface area contributed by atoms with Crippen molar-refractivity contribution in [2.45, 2.75) is 6.54 Å². The van der Waals surface area contributed by atoms with Crippen LogP contribution in [-0.2, 0) is 6.54 Å². The van der Waals surface area contributed by atoms with Gasteiger partial charge in [0.2, 0.25) is 0 Å². The number of hydrogen-bond acceptors (Lipinski definition) is 2. The predicted molar refractivity (Wildman–Crippen MR) is 61.5 cm³/mol. The molecule has 0 aromatic heterocycles. The Labute approximate surface area is 93.0 Å². The molecule has 1 aromatic carbocycles. The highest BCUT2D eigenvalue weighted by Gasteiger charge is 2.05. The maximum Gasteiger partial charge on any atom is 0.129 e. The summed E-state index contributed by atoms with van der Waals surface area (Å²) in [6, 6.07) is 4.75. The van der Waals surface area contributed by atoms with Crippen LogP contribution in [0.2, 0.25) is 5.02 Å². The first-order chi connectivity index (χ1) is 6.75. The standard InChI is InChI=1S/C10H13ClFNS/c1-14-6-5-13-7-8-9(11)3-2-4-10(8)12/h2-4,13H,5-7H2,1H3. The van der Waals surface area contributed by atoms with Crippen LogP contribution < -0.4 is 5.32 Å². The van der Waals surface area contributed by atoms with Gasteiger partial charge in [-0.05, 0) is 18.4 Å². The Morgan fingerprint density at radius 1 is 1.50 bits per heavy atom. The van der Waals surface area contributed by atoms with Crippen molar-refractivity contribution in [2.24, 2.45) is 0 Å². The second kappa shape index (κ2) is 6.27. The zero-order valence-corrected chi connectivity index (χ0v) is 9.59. The van der Waals surface area contributed by atoms with Gasteiger partial charge < -0.3 is 5.32 Å². The summed E-state index contributed by atoms with van der Waals surface area (Å²) in [6.45, 7) is 1.36. The summed E-state index contributed by atoms with van der Waals surface area (Å²) in [5, 5.41) is 3.63. The lowest BCUT2D eigenvalue weighted by Gasteiger charge is -2.06. The number of rotatable bonds is 5. The Morgan fingerprint density at radius 2 is 2.29 bits per heavy atom. The van der Waals surface area contributed by atoms with Crippen molar-refractivity contribution in [3.05, 3.63) is 34.6 Å². The lowest BCUT2D eigenvalue weighted by molar-refractivity contribution is 0.594. The minimum atomic E-state index is -0.242. The molecule has 0 aliphatic rings. The fourth-order valence-electron chi connectivity index (χ4n) is 1.09. The van der Waals surface area contributed by atoms with Crippen molar-refractivity contribution in [1.82, 2.24) is 5.32 Å². The van der Waals surface area contributed by atoms with Gasteiger partial charge in [0.05, 0.1) is 0 Å². The van der Waals surface area contributed by atoms with E-state index < -0.39 is 0 Å². The maximum absolute atomic E-state index is 13.2. The van der Waals surface area contributed by atoms with E-state index in [9.17, 15) is 4.39 Å². The van der Waals surface area contributed by atoms with E-state index in [0.717, 1.165) is 12.3 Å². The quantitative estimate of drug-likeness (QED) is 0.785. The van der Waals surface area contributed by atoms with E-state index in [0.29, 0.717) is 17.1 Å². The summed E-state index contributed by atoms with van der Waals surface area (Å²) < 4.78 is 13.2. The molecular formula is C10H13ClFNS. The topological polar surface area (TPSA) is 12.0 Å². The number of benzene rings is 1. The first-order valence-electron chi connectivity index (χ1n) is 4.38. The summed E-state index contributed by atoms with van der Waals surface area (Å²) in [6.07, 6.45) is 2.04. The summed E-state index contributed by atoms with van der Waals surface area (Å²) in [4.78, 5) is 0. The molecule has 78 valence electrons. The fraction of sp³-hybridized carbons (Fsp3) is 0.400. The molecule has 1 nitrogen and oxygen atoms in total. The van der Waals surface area contributed by atoms with Gasteiger partial charge in [-0.25, -0.2) is 4.39 Å². The van der Waals surface area contributed by atoms with E-state index in [4.69, 9.17) is 11.6 Å². The van der Waals surface area contributed by atoms with Gasteiger partial charge in [0, 0.05) is 29.4 Å². The molecule has 0 amide bonds. The molecule has 0 spiro atoms. The third kappa shape index (κ3) is 3.48. The number of halogens is 2. The molecule has 0 atom stereocenters. The zero-order valence-electron chi connectivity index (χ0n) is 8.02. The lowest BCUT2D eigenvalue weighted by Crippen LogP contribution is -2.17.